The maximum atomic E-state index is 13.3. The van der Waals surface area contributed by atoms with Gasteiger partial charge in [0.1, 0.15) is 18.2 Å². The molecule has 0 unspecified atom stereocenters. The zero-order valence-electron chi connectivity index (χ0n) is 18.9. The third-order valence-electron chi connectivity index (χ3n) is 5.14. The molecule has 2 amide bonds. The van der Waals surface area contributed by atoms with Gasteiger partial charge < -0.3 is 9.47 Å². The van der Waals surface area contributed by atoms with Crippen molar-refractivity contribution in [3.05, 3.63) is 97.9 Å². The molecular weight excluding hydrogens is 531 g/mol. The van der Waals surface area contributed by atoms with Crippen LogP contribution >= 0.6 is 35.0 Å². The Bertz CT molecular complexity index is 1350. The number of hydrogen-bond donors (Lipinski definition) is 0. The fourth-order valence-electron chi connectivity index (χ4n) is 3.42. The largest absolute Gasteiger partial charge is 0.490 e. The zero-order valence-corrected chi connectivity index (χ0v) is 21.2. The summed E-state index contributed by atoms with van der Waals surface area (Å²) in [5.74, 6) is -0.697. The molecule has 0 bridgehead atoms. The molecule has 1 saturated heterocycles. The van der Waals surface area contributed by atoms with Crippen LogP contribution in [0, 0.1) is 11.6 Å². The number of amides is 2. The molecule has 5 nitrogen and oxygen atoms in total. The van der Waals surface area contributed by atoms with E-state index in [1.54, 1.807) is 31.2 Å². The zero-order chi connectivity index (χ0) is 25.8. The fraction of sp³-hybridized carbons (Fsp3) is 0.154. The van der Waals surface area contributed by atoms with Crippen molar-refractivity contribution < 1.29 is 27.8 Å². The van der Waals surface area contributed by atoms with Gasteiger partial charge in [-0.2, -0.15) is 0 Å². The molecule has 1 heterocycles. The number of ether oxygens (including phenoxy) is 2. The minimum atomic E-state index is -0.509. The maximum Gasteiger partial charge on any atom is 0.293 e. The van der Waals surface area contributed by atoms with Gasteiger partial charge in [0.05, 0.1) is 23.1 Å². The lowest BCUT2D eigenvalue weighted by atomic mass is 10.1. The van der Waals surface area contributed by atoms with Gasteiger partial charge >= 0.3 is 0 Å². The quantitative estimate of drug-likeness (QED) is 0.272. The van der Waals surface area contributed by atoms with Crippen molar-refractivity contribution >= 4 is 52.2 Å². The van der Waals surface area contributed by atoms with E-state index in [1.807, 2.05) is 0 Å². The second-order valence-corrected chi connectivity index (χ2v) is 9.49. The average molecular weight is 550 g/mol. The fourth-order valence-corrected chi connectivity index (χ4v) is 4.76. The molecule has 0 N–H and O–H groups in total. The third-order valence-corrected chi connectivity index (χ3v) is 6.68. The normalized spacial score (nSPS) is 14.6. The molecule has 1 aliphatic rings. The highest BCUT2D eigenvalue weighted by Crippen LogP contribution is 2.40. The Kier molecular flexibility index (Phi) is 8.18. The van der Waals surface area contributed by atoms with Crippen molar-refractivity contribution in [1.29, 1.82) is 0 Å². The Morgan fingerprint density at radius 2 is 1.67 bits per heavy atom. The lowest BCUT2D eigenvalue weighted by Crippen LogP contribution is -2.27. The summed E-state index contributed by atoms with van der Waals surface area (Å²) in [6, 6.07) is 12.9. The SMILES string of the molecule is CCOc1cc(/C=C2\SC(=O)N(Cc3ccc(F)cc3Cl)C2=O)cc(Cl)c1OCc1ccc(F)cc1. The molecule has 3 aromatic rings. The molecule has 0 radical (unpaired) electrons. The van der Waals surface area contributed by atoms with E-state index < -0.39 is 17.0 Å². The molecule has 3 aromatic carbocycles. The van der Waals surface area contributed by atoms with Crippen molar-refractivity contribution in [3.63, 3.8) is 0 Å². The van der Waals surface area contributed by atoms with Crippen molar-refractivity contribution in [2.45, 2.75) is 20.1 Å². The Morgan fingerprint density at radius 3 is 2.36 bits per heavy atom. The van der Waals surface area contributed by atoms with Crippen LogP contribution in [0.25, 0.3) is 6.08 Å². The van der Waals surface area contributed by atoms with Gasteiger partial charge in [0.25, 0.3) is 11.1 Å². The van der Waals surface area contributed by atoms with Gasteiger partial charge in [-0.3, -0.25) is 14.5 Å². The predicted octanol–water partition coefficient (Wildman–Crippen LogP) is 7.49. The van der Waals surface area contributed by atoms with Crippen molar-refractivity contribution in [1.82, 2.24) is 4.90 Å². The summed E-state index contributed by atoms with van der Waals surface area (Å²) in [5, 5.41) is -0.101. The molecular formula is C26H19Cl2F2NO4S. The summed E-state index contributed by atoms with van der Waals surface area (Å²) in [7, 11) is 0. The van der Waals surface area contributed by atoms with Crippen LogP contribution in [0.3, 0.4) is 0 Å². The lowest BCUT2D eigenvalue weighted by Gasteiger charge is -2.15. The first kappa shape index (κ1) is 26.0. The summed E-state index contributed by atoms with van der Waals surface area (Å²) < 4.78 is 38.0. The number of benzene rings is 3. The first-order valence-corrected chi connectivity index (χ1v) is 12.3. The van der Waals surface area contributed by atoms with Crippen LogP contribution in [0.15, 0.2) is 59.5 Å². The smallest absolute Gasteiger partial charge is 0.293 e. The Hall–Kier alpha value is -3.07. The van der Waals surface area contributed by atoms with Crippen LogP contribution in [0.1, 0.15) is 23.6 Å². The topological polar surface area (TPSA) is 55.8 Å². The summed E-state index contributed by atoms with van der Waals surface area (Å²) in [5.41, 5.74) is 1.72. The van der Waals surface area contributed by atoms with Gasteiger partial charge in [-0.15, -0.1) is 0 Å². The van der Waals surface area contributed by atoms with Crippen LogP contribution in [0.5, 0.6) is 11.5 Å². The monoisotopic (exact) mass is 549 g/mol. The number of nitrogens with zero attached hydrogens (tertiary/aromatic N) is 1. The molecule has 0 saturated carbocycles. The van der Waals surface area contributed by atoms with Crippen molar-refractivity contribution in [3.8, 4) is 11.5 Å². The molecule has 10 heteroatoms. The van der Waals surface area contributed by atoms with E-state index >= 15 is 0 Å². The van der Waals surface area contributed by atoms with E-state index in [2.05, 4.69) is 0 Å². The molecule has 186 valence electrons. The van der Waals surface area contributed by atoms with E-state index in [1.165, 1.54) is 30.3 Å². The summed E-state index contributed by atoms with van der Waals surface area (Å²) in [4.78, 5) is 26.7. The number of halogens is 4. The number of rotatable bonds is 8. The molecule has 0 atom stereocenters. The van der Waals surface area contributed by atoms with Gasteiger partial charge in [-0.05, 0) is 77.9 Å². The molecule has 0 aromatic heterocycles. The van der Waals surface area contributed by atoms with Crippen molar-refractivity contribution in [2.24, 2.45) is 0 Å². The van der Waals surface area contributed by atoms with Gasteiger partial charge in [0.15, 0.2) is 11.5 Å². The highest BCUT2D eigenvalue weighted by Gasteiger charge is 2.35. The van der Waals surface area contributed by atoms with E-state index in [9.17, 15) is 18.4 Å². The first-order chi connectivity index (χ1) is 17.2. The Labute approximate surface area is 220 Å². The minimum Gasteiger partial charge on any atom is -0.490 e. The summed E-state index contributed by atoms with van der Waals surface area (Å²) >= 11 is 13.3. The molecule has 0 aliphatic carbocycles. The highest BCUT2D eigenvalue weighted by molar-refractivity contribution is 8.18. The molecule has 1 fully saturated rings. The Balaban J connectivity index is 1.55. The molecule has 36 heavy (non-hydrogen) atoms. The number of thioether (sulfide) groups is 1. The summed E-state index contributed by atoms with van der Waals surface area (Å²) in [6.07, 6.45) is 1.54. The van der Waals surface area contributed by atoms with E-state index in [4.69, 9.17) is 32.7 Å². The number of imide groups is 1. The molecule has 1 aliphatic heterocycles. The number of hydrogen-bond acceptors (Lipinski definition) is 5. The summed E-state index contributed by atoms with van der Waals surface area (Å²) in [6.45, 7) is 2.20. The van der Waals surface area contributed by atoms with E-state index in [0.29, 0.717) is 29.2 Å². The predicted molar refractivity (Wildman–Crippen MR) is 136 cm³/mol. The lowest BCUT2D eigenvalue weighted by molar-refractivity contribution is -0.123. The van der Waals surface area contributed by atoms with E-state index in [0.717, 1.165) is 28.3 Å². The van der Waals surface area contributed by atoms with Crippen LogP contribution in [0.4, 0.5) is 13.6 Å². The molecule has 0 spiro atoms. The van der Waals surface area contributed by atoms with E-state index in [-0.39, 0.29) is 33.9 Å². The third kappa shape index (κ3) is 6.00. The Morgan fingerprint density at radius 1 is 0.944 bits per heavy atom. The number of carbonyl (C=O) groups excluding carboxylic acids is 2. The van der Waals surface area contributed by atoms with Crippen molar-refractivity contribution in [2.75, 3.05) is 6.61 Å². The van der Waals surface area contributed by atoms with Crippen LogP contribution in [-0.2, 0) is 17.9 Å². The average Bonchev–Trinajstić information content (AvgIpc) is 3.08. The number of carbonyl (C=O) groups is 2. The highest BCUT2D eigenvalue weighted by atomic mass is 35.5. The van der Waals surface area contributed by atoms with Gasteiger partial charge in [0.2, 0.25) is 0 Å². The van der Waals surface area contributed by atoms with Gasteiger partial charge in [0, 0.05) is 5.02 Å². The van der Waals surface area contributed by atoms with Crippen LogP contribution < -0.4 is 9.47 Å². The van der Waals surface area contributed by atoms with Gasteiger partial charge in [-0.1, -0.05) is 41.4 Å². The van der Waals surface area contributed by atoms with Crippen LogP contribution in [0.2, 0.25) is 10.0 Å². The van der Waals surface area contributed by atoms with Gasteiger partial charge in [-0.25, -0.2) is 8.78 Å². The second kappa shape index (κ2) is 11.3. The van der Waals surface area contributed by atoms with Crippen LogP contribution in [-0.4, -0.2) is 22.7 Å². The standard InChI is InChI=1S/C26H19Cl2F2NO4S/c1-2-34-22-10-16(9-21(28)24(22)35-14-15-3-6-18(29)7-4-15)11-23-25(32)31(26(33)36-23)13-17-5-8-19(30)12-20(17)27/h3-12H,2,13-14H2,1H3/b23-11-. The maximum absolute atomic E-state index is 13.3. The minimum absolute atomic E-state index is 0.0811. The second-order valence-electron chi connectivity index (χ2n) is 7.68. The molecule has 4 rings (SSSR count). The first-order valence-electron chi connectivity index (χ1n) is 10.8.